The van der Waals surface area contributed by atoms with Crippen molar-refractivity contribution in [3.8, 4) is 22.4 Å². The third-order valence-electron chi connectivity index (χ3n) is 5.25. The number of amides is 1. The summed E-state index contributed by atoms with van der Waals surface area (Å²) in [5, 5.41) is 7.44. The molecule has 5 nitrogen and oxygen atoms in total. The van der Waals surface area contributed by atoms with Crippen LogP contribution in [0.2, 0.25) is 0 Å². The summed E-state index contributed by atoms with van der Waals surface area (Å²) in [5.74, 6) is -0.120. The van der Waals surface area contributed by atoms with Crippen LogP contribution in [-0.2, 0) is 0 Å². The highest BCUT2D eigenvalue weighted by Gasteiger charge is 2.16. The van der Waals surface area contributed by atoms with Gasteiger partial charge >= 0.3 is 0 Å². The standard InChI is InChI=1S/C25H26N4O/c1-2-3-4-8-16-27-25(30)22-18-28-29-23(15-17-26-24(22)29)21-13-11-20(12-14-21)19-9-6-5-7-10-19/h5-7,9-15,17-18H,2-4,8,16H2,1H3,(H,27,30). The maximum absolute atomic E-state index is 12.6. The molecule has 0 spiro atoms. The maximum Gasteiger partial charge on any atom is 0.256 e. The van der Waals surface area contributed by atoms with Crippen LogP contribution in [0.3, 0.4) is 0 Å². The van der Waals surface area contributed by atoms with E-state index >= 15 is 0 Å². The first kappa shape index (κ1) is 19.8. The Bertz CT molecular complexity index is 1120. The largest absolute Gasteiger partial charge is 0.352 e. The average Bonchev–Trinajstić information content (AvgIpc) is 3.24. The van der Waals surface area contributed by atoms with Crippen molar-refractivity contribution >= 4 is 11.6 Å². The van der Waals surface area contributed by atoms with E-state index in [-0.39, 0.29) is 5.91 Å². The highest BCUT2D eigenvalue weighted by atomic mass is 16.1. The lowest BCUT2D eigenvalue weighted by atomic mass is 10.0. The normalized spacial score (nSPS) is 11.0. The van der Waals surface area contributed by atoms with Crippen LogP contribution in [-0.4, -0.2) is 27.0 Å². The van der Waals surface area contributed by atoms with Gasteiger partial charge in [-0.15, -0.1) is 0 Å². The fourth-order valence-electron chi connectivity index (χ4n) is 3.58. The maximum atomic E-state index is 12.6. The lowest BCUT2D eigenvalue weighted by molar-refractivity contribution is 0.0954. The monoisotopic (exact) mass is 398 g/mol. The van der Waals surface area contributed by atoms with Gasteiger partial charge < -0.3 is 5.32 Å². The Morgan fingerprint density at radius 3 is 2.40 bits per heavy atom. The SMILES string of the molecule is CCCCCCNC(=O)c1cnn2c(-c3ccc(-c4ccccc4)cc3)ccnc12. The van der Waals surface area contributed by atoms with E-state index in [0.29, 0.717) is 17.8 Å². The van der Waals surface area contributed by atoms with Gasteiger partial charge in [0, 0.05) is 18.3 Å². The van der Waals surface area contributed by atoms with Gasteiger partial charge in [0.05, 0.1) is 11.9 Å². The molecule has 5 heteroatoms. The summed E-state index contributed by atoms with van der Waals surface area (Å²) in [6.45, 7) is 2.85. The zero-order valence-electron chi connectivity index (χ0n) is 17.2. The van der Waals surface area contributed by atoms with Gasteiger partial charge in [0.25, 0.3) is 5.91 Å². The van der Waals surface area contributed by atoms with E-state index in [0.717, 1.165) is 29.7 Å². The van der Waals surface area contributed by atoms with Crippen molar-refractivity contribution in [1.82, 2.24) is 19.9 Å². The van der Waals surface area contributed by atoms with Crippen molar-refractivity contribution in [3.63, 3.8) is 0 Å². The van der Waals surface area contributed by atoms with Gasteiger partial charge in [0.1, 0.15) is 5.56 Å². The summed E-state index contributed by atoms with van der Waals surface area (Å²) in [7, 11) is 0. The number of carbonyl (C=O) groups excluding carboxylic acids is 1. The van der Waals surface area contributed by atoms with Crippen LogP contribution in [0.15, 0.2) is 73.1 Å². The molecule has 0 aliphatic rings. The summed E-state index contributed by atoms with van der Waals surface area (Å²) < 4.78 is 1.74. The minimum Gasteiger partial charge on any atom is -0.352 e. The van der Waals surface area contributed by atoms with E-state index in [1.165, 1.54) is 18.4 Å². The van der Waals surface area contributed by atoms with Crippen LogP contribution in [0.5, 0.6) is 0 Å². The molecule has 0 radical (unpaired) electrons. The molecule has 152 valence electrons. The van der Waals surface area contributed by atoms with Crippen LogP contribution in [0, 0.1) is 0 Å². The highest BCUT2D eigenvalue weighted by molar-refractivity contribution is 5.99. The molecule has 2 aromatic carbocycles. The Morgan fingerprint density at radius 1 is 0.900 bits per heavy atom. The second-order valence-corrected chi connectivity index (χ2v) is 7.38. The smallest absolute Gasteiger partial charge is 0.256 e. The topological polar surface area (TPSA) is 59.3 Å². The van der Waals surface area contributed by atoms with Crippen molar-refractivity contribution in [1.29, 1.82) is 0 Å². The number of aromatic nitrogens is 3. The van der Waals surface area contributed by atoms with Gasteiger partial charge in [-0.05, 0) is 23.6 Å². The molecule has 2 heterocycles. The van der Waals surface area contributed by atoms with Gasteiger partial charge in [-0.3, -0.25) is 4.79 Å². The molecule has 0 unspecified atom stereocenters. The summed E-state index contributed by atoms with van der Waals surface area (Å²) in [5.41, 5.74) is 5.35. The molecule has 0 saturated carbocycles. The molecule has 4 aromatic rings. The number of carbonyl (C=O) groups is 1. The second-order valence-electron chi connectivity index (χ2n) is 7.38. The van der Waals surface area contributed by atoms with Gasteiger partial charge in [0.15, 0.2) is 5.65 Å². The molecule has 0 aliphatic heterocycles. The van der Waals surface area contributed by atoms with Crippen LogP contribution in [0.25, 0.3) is 28.0 Å². The average molecular weight is 399 g/mol. The number of nitrogens with one attached hydrogen (secondary N) is 1. The Hall–Kier alpha value is -3.47. The first-order valence-electron chi connectivity index (χ1n) is 10.5. The zero-order chi connectivity index (χ0) is 20.8. The number of unbranched alkanes of at least 4 members (excludes halogenated alkanes) is 3. The quantitative estimate of drug-likeness (QED) is 0.406. The van der Waals surface area contributed by atoms with Crippen molar-refractivity contribution in [3.05, 3.63) is 78.6 Å². The molecule has 30 heavy (non-hydrogen) atoms. The van der Waals surface area contributed by atoms with Crippen molar-refractivity contribution in [2.24, 2.45) is 0 Å². The number of hydrogen-bond acceptors (Lipinski definition) is 3. The molecule has 0 aliphatic carbocycles. The fraction of sp³-hybridized carbons (Fsp3) is 0.240. The molecule has 2 aromatic heterocycles. The zero-order valence-corrected chi connectivity index (χ0v) is 17.2. The first-order valence-corrected chi connectivity index (χ1v) is 10.5. The molecule has 0 saturated heterocycles. The third kappa shape index (κ3) is 4.25. The number of fused-ring (bicyclic) bond motifs is 1. The lowest BCUT2D eigenvalue weighted by Crippen LogP contribution is -2.24. The number of benzene rings is 2. The van der Waals surface area contributed by atoms with Gasteiger partial charge in [0.2, 0.25) is 0 Å². The van der Waals surface area contributed by atoms with Crippen LogP contribution < -0.4 is 5.32 Å². The Kier molecular flexibility index (Phi) is 6.18. The van der Waals surface area contributed by atoms with Crippen LogP contribution in [0.4, 0.5) is 0 Å². The molecule has 1 N–H and O–H groups in total. The van der Waals surface area contributed by atoms with E-state index in [1.54, 1.807) is 16.9 Å². The van der Waals surface area contributed by atoms with Crippen molar-refractivity contribution in [2.45, 2.75) is 32.6 Å². The number of rotatable bonds is 8. The molecule has 0 bridgehead atoms. The summed E-state index contributed by atoms with van der Waals surface area (Å²) in [4.78, 5) is 17.0. The summed E-state index contributed by atoms with van der Waals surface area (Å²) in [6, 6.07) is 20.6. The summed E-state index contributed by atoms with van der Waals surface area (Å²) >= 11 is 0. The van der Waals surface area contributed by atoms with Crippen molar-refractivity contribution in [2.75, 3.05) is 6.54 Å². The van der Waals surface area contributed by atoms with Crippen molar-refractivity contribution < 1.29 is 4.79 Å². The van der Waals surface area contributed by atoms with Gasteiger partial charge in [-0.1, -0.05) is 80.8 Å². The Labute approximate surface area is 176 Å². The van der Waals surface area contributed by atoms with E-state index in [9.17, 15) is 4.79 Å². The van der Waals surface area contributed by atoms with E-state index < -0.39 is 0 Å². The molecule has 0 fully saturated rings. The number of hydrogen-bond donors (Lipinski definition) is 1. The fourth-order valence-corrected chi connectivity index (χ4v) is 3.58. The minimum atomic E-state index is -0.120. The predicted octanol–water partition coefficient (Wildman–Crippen LogP) is 5.37. The van der Waals surface area contributed by atoms with Crippen LogP contribution >= 0.6 is 0 Å². The predicted molar refractivity (Wildman–Crippen MR) is 120 cm³/mol. The van der Waals surface area contributed by atoms with E-state index in [1.807, 2.05) is 24.3 Å². The first-order chi connectivity index (χ1) is 14.8. The minimum absolute atomic E-state index is 0.120. The summed E-state index contributed by atoms with van der Waals surface area (Å²) in [6.07, 6.45) is 7.83. The second kappa shape index (κ2) is 9.35. The van der Waals surface area contributed by atoms with E-state index in [2.05, 4.69) is 58.7 Å². The number of nitrogens with zero attached hydrogens (tertiary/aromatic N) is 3. The molecule has 4 rings (SSSR count). The highest BCUT2D eigenvalue weighted by Crippen LogP contribution is 2.25. The van der Waals surface area contributed by atoms with E-state index in [4.69, 9.17) is 0 Å². The van der Waals surface area contributed by atoms with Gasteiger partial charge in [-0.2, -0.15) is 5.10 Å². The molecule has 1 amide bonds. The third-order valence-corrected chi connectivity index (χ3v) is 5.25. The molecular formula is C25H26N4O. The molecule has 0 atom stereocenters. The Morgan fingerprint density at radius 2 is 1.63 bits per heavy atom. The lowest BCUT2D eigenvalue weighted by Gasteiger charge is -2.07. The Balaban J connectivity index is 1.55. The molecular weight excluding hydrogens is 372 g/mol. The van der Waals surface area contributed by atoms with Gasteiger partial charge in [-0.25, -0.2) is 9.50 Å². The van der Waals surface area contributed by atoms with Crippen LogP contribution in [0.1, 0.15) is 43.0 Å².